The Bertz CT molecular complexity index is 393. The SMILES string of the molecule is CCO[C@@]12CCCON1O[C@H](c1ccccc1)C2. The van der Waals surface area contributed by atoms with Crippen molar-refractivity contribution < 1.29 is 14.4 Å². The molecule has 2 saturated heterocycles. The largest absolute Gasteiger partial charge is 0.356 e. The highest BCUT2D eigenvalue weighted by Crippen LogP contribution is 2.45. The second-order valence-electron chi connectivity index (χ2n) is 4.78. The summed E-state index contributed by atoms with van der Waals surface area (Å²) in [5.41, 5.74) is 0.780. The topological polar surface area (TPSA) is 30.9 Å². The Morgan fingerprint density at radius 2 is 2.22 bits per heavy atom. The molecule has 18 heavy (non-hydrogen) atoms. The molecule has 1 aromatic rings. The third-order valence-electron chi connectivity index (χ3n) is 3.56. The van der Waals surface area contributed by atoms with Gasteiger partial charge in [-0.15, -0.1) is 0 Å². The second-order valence-corrected chi connectivity index (χ2v) is 4.78. The number of nitrogens with zero attached hydrogens (tertiary/aromatic N) is 1. The van der Waals surface area contributed by atoms with Gasteiger partial charge in [-0.2, -0.15) is 0 Å². The Balaban J connectivity index is 1.82. The Morgan fingerprint density at radius 1 is 1.39 bits per heavy atom. The highest BCUT2D eigenvalue weighted by atomic mass is 17.0. The van der Waals surface area contributed by atoms with Gasteiger partial charge in [0.05, 0.1) is 6.61 Å². The number of benzene rings is 1. The standard InChI is InChI=1S/C14H19NO3/c1-2-16-14-9-6-10-17-15(14)18-13(11-14)12-7-4-3-5-8-12/h3-5,7-8,13H,2,6,9-11H2,1H3/t13-,14+/m0/s1. The quantitative estimate of drug-likeness (QED) is 0.824. The fourth-order valence-corrected chi connectivity index (χ4v) is 2.75. The molecule has 2 atom stereocenters. The molecular formula is C14H19NO3. The average Bonchev–Trinajstić information content (AvgIpc) is 2.79. The van der Waals surface area contributed by atoms with Crippen molar-refractivity contribution in [2.24, 2.45) is 0 Å². The molecule has 0 saturated carbocycles. The Morgan fingerprint density at radius 3 is 3.00 bits per heavy atom. The van der Waals surface area contributed by atoms with E-state index >= 15 is 0 Å². The van der Waals surface area contributed by atoms with Crippen molar-refractivity contribution in [1.29, 1.82) is 0 Å². The molecular weight excluding hydrogens is 230 g/mol. The van der Waals surface area contributed by atoms with Crippen LogP contribution in [0, 0.1) is 0 Å². The van der Waals surface area contributed by atoms with E-state index < -0.39 is 5.72 Å². The van der Waals surface area contributed by atoms with Crippen molar-refractivity contribution in [1.82, 2.24) is 5.23 Å². The van der Waals surface area contributed by atoms with Gasteiger partial charge in [0.15, 0.2) is 5.72 Å². The van der Waals surface area contributed by atoms with Gasteiger partial charge >= 0.3 is 0 Å². The van der Waals surface area contributed by atoms with Crippen molar-refractivity contribution in [3.8, 4) is 0 Å². The van der Waals surface area contributed by atoms with Crippen molar-refractivity contribution in [2.75, 3.05) is 13.2 Å². The van der Waals surface area contributed by atoms with E-state index in [0.29, 0.717) is 13.2 Å². The van der Waals surface area contributed by atoms with E-state index in [-0.39, 0.29) is 6.10 Å². The molecule has 0 radical (unpaired) electrons. The molecule has 3 rings (SSSR count). The van der Waals surface area contributed by atoms with E-state index in [1.54, 1.807) is 5.23 Å². The molecule has 98 valence electrons. The normalized spacial score (nSPS) is 32.4. The predicted molar refractivity (Wildman–Crippen MR) is 66.3 cm³/mol. The fraction of sp³-hybridized carbons (Fsp3) is 0.571. The van der Waals surface area contributed by atoms with Gasteiger partial charge in [-0.05, 0) is 30.6 Å². The third kappa shape index (κ3) is 2.06. The van der Waals surface area contributed by atoms with E-state index in [4.69, 9.17) is 14.4 Å². The monoisotopic (exact) mass is 249 g/mol. The summed E-state index contributed by atoms with van der Waals surface area (Å²) in [4.78, 5) is 11.5. The van der Waals surface area contributed by atoms with Crippen molar-refractivity contribution in [3.05, 3.63) is 35.9 Å². The lowest BCUT2D eigenvalue weighted by Gasteiger charge is -2.37. The first-order valence-electron chi connectivity index (χ1n) is 6.63. The molecule has 0 spiro atoms. The number of hydroxylamine groups is 2. The van der Waals surface area contributed by atoms with E-state index in [1.165, 1.54) is 5.56 Å². The summed E-state index contributed by atoms with van der Waals surface area (Å²) in [6, 6.07) is 10.3. The van der Waals surface area contributed by atoms with Crippen LogP contribution in [0.3, 0.4) is 0 Å². The van der Waals surface area contributed by atoms with Crippen LogP contribution in [0.5, 0.6) is 0 Å². The molecule has 0 bridgehead atoms. The molecule has 2 aliphatic heterocycles. The van der Waals surface area contributed by atoms with Crippen LogP contribution in [0.2, 0.25) is 0 Å². The fourth-order valence-electron chi connectivity index (χ4n) is 2.75. The molecule has 2 aliphatic rings. The summed E-state index contributed by atoms with van der Waals surface area (Å²) in [7, 11) is 0. The smallest absolute Gasteiger partial charge is 0.173 e. The van der Waals surface area contributed by atoms with Crippen LogP contribution in [-0.2, 0) is 14.4 Å². The van der Waals surface area contributed by atoms with Crippen molar-refractivity contribution in [3.63, 3.8) is 0 Å². The minimum Gasteiger partial charge on any atom is -0.356 e. The van der Waals surface area contributed by atoms with Gasteiger partial charge in [-0.3, -0.25) is 9.68 Å². The molecule has 0 aromatic heterocycles. The first-order chi connectivity index (χ1) is 8.84. The predicted octanol–water partition coefficient (Wildman–Crippen LogP) is 2.82. The number of hydrogen-bond donors (Lipinski definition) is 0. The highest BCUT2D eigenvalue weighted by molar-refractivity contribution is 5.18. The summed E-state index contributed by atoms with van der Waals surface area (Å²) in [6.45, 7) is 3.39. The molecule has 4 heteroatoms. The minimum absolute atomic E-state index is 0.0239. The summed E-state index contributed by atoms with van der Waals surface area (Å²) in [5.74, 6) is 0. The first-order valence-corrected chi connectivity index (χ1v) is 6.63. The van der Waals surface area contributed by atoms with Gasteiger partial charge in [0.1, 0.15) is 6.10 Å². The average molecular weight is 249 g/mol. The lowest BCUT2D eigenvalue weighted by molar-refractivity contribution is -0.446. The van der Waals surface area contributed by atoms with Crippen LogP contribution < -0.4 is 0 Å². The van der Waals surface area contributed by atoms with Crippen LogP contribution in [-0.4, -0.2) is 24.2 Å². The molecule has 0 N–H and O–H groups in total. The summed E-state index contributed by atoms with van der Waals surface area (Å²) in [5, 5.41) is 1.59. The number of rotatable bonds is 3. The molecule has 0 aliphatic carbocycles. The lowest BCUT2D eigenvalue weighted by atomic mass is 9.97. The third-order valence-corrected chi connectivity index (χ3v) is 3.56. The van der Waals surface area contributed by atoms with Crippen LogP contribution >= 0.6 is 0 Å². The number of fused-ring (bicyclic) bond motifs is 1. The van der Waals surface area contributed by atoms with Crippen molar-refractivity contribution >= 4 is 0 Å². The molecule has 0 amide bonds. The zero-order valence-electron chi connectivity index (χ0n) is 10.7. The molecule has 2 heterocycles. The Hall–Kier alpha value is -0.940. The molecule has 2 fully saturated rings. The number of ether oxygens (including phenoxy) is 1. The second kappa shape index (κ2) is 4.97. The van der Waals surface area contributed by atoms with Crippen molar-refractivity contribution in [2.45, 2.75) is 38.0 Å². The van der Waals surface area contributed by atoms with E-state index in [0.717, 1.165) is 19.3 Å². The van der Waals surface area contributed by atoms with Crippen LogP contribution in [0.25, 0.3) is 0 Å². The zero-order valence-corrected chi connectivity index (χ0v) is 10.7. The van der Waals surface area contributed by atoms with Gasteiger partial charge in [0, 0.05) is 13.0 Å². The maximum atomic E-state index is 5.92. The maximum Gasteiger partial charge on any atom is 0.173 e. The maximum absolute atomic E-state index is 5.92. The zero-order chi connectivity index (χ0) is 12.4. The van der Waals surface area contributed by atoms with Crippen LogP contribution in [0.15, 0.2) is 30.3 Å². The van der Waals surface area contributed by atoms with E-state index in [9.17, 15) is 0 Å². The van der Waals surface area contributed by atoms with Crippen LogP contribution in [0.1, 0.15) is 37.9 Å². The van der Waals surface area contributed by atoms with Gasteiger partial charge in [-0.25, -0.2) is 0 Å². The van der Waals surface area contributed by atoms with Gasteiger partial charge in [0.25, 0.3) is 0 Å². The van der Waals surface area contributed by atoms with Gasteiger partial charge in [0.2, 0.25) is 0 Å². The Kier molecular flexibility index (Phi) is 3.35. The van der Waals surface area contributed by atoms with Gasteiger partial charge < -0.3 is 4.74 Å². The van der Waals surface area contributed by atoms with Crippen LogP contribution in [0.4, 0.5) is 0 Å². The van der Waals surface area contributed by atoms with E-state index in [1.807, 2.05) is 25.1 Å². The first kappa shape index (κ1) is 12.1. The molecule has 0 unspecified atom stereocenters. The summed E-state index contributed by atoms with van der Waals surface area (Å²) >= 11 is 0. The van der Waals surface area contributed by atoms with E-state index in [2.05, 4.69) is 12.1 Å². The van der Waals surface area contributed by atoms with Gasteiger partial charge in [-0.1, -0.05) is 30.3 Å². The lowest BCUT2D eigenvalue weighted by Crippen LogP contribution is -2.48. The molecule has 1 aromatic carbocycles. The summed E-state index contributed by atoms with van der Waals surface area (Å²) in [6.07, 6.45) is 2.83. The number of hydrogen-bond acceptors (Lipinski definition) is 4. The summed E-state index contributed by atoms with van der Waals surface area (Å²) < 4.78 is 5.92. The Labute approximate surface area is 107 Å². The highest BCUT2D eigenvalue weighted by Gasteiger charge is 2.51. The molecule has 4 nitrogen and oxygen atoms in total. The minimum atomic E-state index is -0.395.